The van der Waals surface area contributed by atoms with Crippen molar-refractivity contribution in [2.75, 3.05) is 18.0 Å². The largest absolute Gasteiger partial charge is 0.355 e. The highest BCUT2D eigenvalue weighted by Gasteiger charge is 2.25. The fourth-order valence-electron chi connectivity index (χ4n) is 1.82. The van der Waals surface area contributed by atoms with Crippen molar-refractivity contribution in [1.82, 2.24) is 10.2 Å². The maximum atomic E-state index is 5.70. The Kier molecular flexibility index (Phi) is 2.83. The van der Waals surface area contributed by atoms with E-state index in [1.54, 1.807) is 6.07 Å². The number of hydrogen-bond acceptors (Lipinski definition) is 3. The van der Waals surface area contributed by atoms with E-state index in [0.717, 1.165) is 18.9 Å². The van der Waals surface area contributed by atoms with E-state index in [4.69, 9.17) is 11.6 Å². The summed E-state index contributed by atoms with van der Waals surface area (Å²) in [5, 5.41) is 8.41. The van der Waals surface area contributed by atoms with Crippen LogP contribution in [0.2, 0.25) is 5.15 Å². The van der Waals surface area contributed by atoms with Gasteiger partial charge in [0.15, 0.2) is 11.0 Å². The van der Waals surface area contributed by atoms with Crippen LogP contribution in [0.5, 0.6) is 0 Å². The van der Waals surface area contributed by atoms with Crippen LogP contribution in [0.1, 0.15) is 26.7 Å². The van der Waals surface area contributed by atoms with Gasteiger partial charge in [-0.2, -0.15) is 0 Å². The highest BCUT2D eigenvalue weighted by Crippen LogP contribution is 2.31. The predicted molar refractivity (Wildman–Crippen MR) is 62.3 cm³/mol. The van der Waals surface area contributed by atoms with Gasteiger partial charge in [-0.25, -0.2) is 0 Å². The van der Waals surface area contributed by atoms with Crippen molar-refractivity contribution in [3.8, 4) is 0 Å². The van der Waals surface area contributed by atoms with Gasteiger partial charge in [0.25, 0.3) is 0 Å². The monoisotopic (exact) mass is 225 g/mol. The zero-order valence-corrected chi connectivity index (χ0v) is 9.96. The van der Waals surface area contributed by atoms with Gasteiger partial charge in [-0.15, -0.1) is 10.2 Å². The quantitative estimate of drug-likeness (QED) is 0.736. The van der Waals surface area contributed by atoms with Crippen LogP contribution in [0.25, 0.3) is 0 Å². The molecule has 3 nitrogen and oxygen atoms in total. The summed E-state index contributed by atoms with van der Waals surface area (Å²) in [7, 11) is 0. The summed E-state index contributed by atoms with van der Waals surface area (Å²) in [6.07, 6.45) is 2.41. The zero-order valence-electron chi connectivity index (χ0n) is 9.20. The second kappa shape index (κ2) is 3.97. The number of halogens is 1. The molecule has 0 N–H and O–H groups in total. The summed E-state index contributed by atoms with van der Waals surface area (Å²) in [6.45, 7) is 6.75. The Balaban J connectivity index is 2.04. The topological polar surface area (TPSA) is 29.0 Å². The van der Waals surface area contributed by atoms with Crippen LogP contribution in [-0.2, 0) is 0 Å². The van der Waals surface area contributed by atoms with Crippen molar-refractivity contribution in [2.24, 2.45) is 5.41 Å². The molecule has 15 heavy (non-hydrogen) atoms. The second-order valence-corrected chi connectivity index (χ2v) is 5.25. The molecule has 0 spiro atoms. The molecule has 0 radical (unpaired) electrons. The minimum Gasteiger partial charge on any atom is -0.355 e. The number of rotatable bonds is 1. The number of aromatic nitrogens is 2. The molecule has 0 saturated carbocycles. The molecule has 0 aromatic carbocycles. The van der Waals surface area contributed by atoms with Gasteiger partial charge in [-0.1, -0.05) is 25.4 Å². The van der Waals surface area contributed by atoms with Gasteiger partial charge in [0, 0.05) is 13.1 Å². The predicted octanol–water partition coefficient (Wildman–Crippen LogP) is 2.76. The van der Waals surface area contributed by atoms with Crippen molar-refractivity contribution in [3.63, 3.8) is 0 Å². The molecule has 2 heterocycles. The fourth-order valence-corrected chi connectivity index (χ4v) is 1.92. The van der Waals surface area contributed by atoms with E-state index in [0.29, 0.717) is 10.6 Å². The van der Waals surface area contributed by atoms with Crippen molar-refractivity contribution < 1.29 is 0 Å². The standard InChI is InChI=1S/C11H16ClN3/c1-11(2)5-7-15(8-6-11)10-4-3-9(12)13-14-10/h3-4H,5-8H2,1-2H3. The van der Waals surface area contributed by atoms with Crippen LogP contribution in [0, 0.1) is 5.41 Å². The Bertz CT molecular complexity index is 324. The van der Waals surface area contributed by atoms with Crippen LogP contribution in [-0.4, -0.2) is 23.3 Å². The molecule has 0 aliphatic carbocycles. The number of hydrogen-bond donors (Lipinski definition) is 0. The van der Waals surface area contributed by atoms with Gasteiger partial charge in [0.1, 0.15) is 0 Å². The highest BCUT2D eigenvalue weighted by atomic mass is 35.5. The summed E-state index contributed by atoms with van der Waals surface area (Å²) >= 11 is 5.70. The minimum absolute atomic E-state index is 0.455. The van der Waals surface area contributed by atoms with Crippen molar-refractivity contribution in [1.29, 1.82) is 0 Å². The third-order valence-electron chi connectivity index (χ3n) is 3.06. The average Bonchev–Trinajstić information content (AvgIpc) is 2.20. The first-order valence-electron chi connectivity index (χ1n) is 5.31. The van der Waals surface area contributed by atoms with Crippen molar-refractivity contribution >= 4 is 17.4 Å². The zero-order chi connectivity index (χ0) is 10.9. The van der Waals surface area contributed by atoms with E-state index in [9.17, 15) is 0 Å². The molecule has 1 fully saturated rings. The molecule has 0 unspecified atom stereocenters. The Morgan fingerprint density at radius 2 is 1.87 bits per heavy atom. The molecular weight excluding hydrogens is 210 g/mol. The van der Waals surface area contributed by atoms with Crippen molar-refractivity contribution in [3.05, 3.63) is 17.3 Å². The molecule has 1 aromatic heterocycles. The minimum atomic E-state index is 0.455. The molecule has 82 valence electrons. The average molecular weight is 226 g/mol. The molecule has 1 saturated heterocycles. The van der Waals surface area contributed by atoms with Gasteiger partial charge >= 0.3 is 0 Å². The fraction of sp³-hybridized carbons (Fsp3) is 0.636. The lowest BCUT2D eigenvalue weighted by atomic mass is 9.83. The molecule has 0 bridgehead atoms. The normalized spacial score (nSPS) is 20.3. The summed E-state index contributed by atoms with van der Waals surface area (Å²) in [4.78, 5) is 2.27. The third kappa shape index (κ3) is 2.59. The highest BCUT2D eigenvalue weighted by molar-refractivity contribution is 6.29. The van der Waals surface area contributed by atoms with E-state index >= 15 is 0 Å². The number of anilines is 1. The van der Waals surface area contributed by atoms with E-state index in [1.165, 1.54) is 12.8 Å². The van der Waals surface area contributed by atoms with Crippen LogP contribution >= 0.6 is 11.6 Å². The molecule has 1 aromatic rings. The first-order chi connectivity index (χ1) is 7.07. The molecule has 0 atom stereocenters. The van der Waals surface area contributed by atoms with Gasteiger partial charge in [-0.05, 0) is 30.4 Å². The first-order valence-corrected chi connectivity index (χ1v) is 5.69. The third-order valence-corrected chi connectivity index (χ3v) is 3.26. The Morgan fingerprint density at radius 3 is 2.40 bits per heavy atom. The number of nitrogens with zero attached hydrogens (tertiary/aromatic N) is 3. The van der Waals surface area contributed by atoms with Crippen LogP contribution in [0.3, 0.4) is 0 Å². The number of piperidine rings is 1. The SMILES string of the molecule is CC1(C)CCN(c2ccc(Cl)nn2)CC1. The smallest absolute Gasteiger partial charge is 0.151 e. The first kappa shape index (κ1) is 10.7. The molecule has 1 aliphatic heterocycles. The summed E-state index contributed by atoms with van der Waals surface area (Å²) in [5.74, 6) is 0.940. The molecule has 2 rings (SSSR count). The lowest BCUT2D eigenvalue weighted by Crippen LogP contribution is -2.37. The van der Waals surface area contributed by atoms with Crippen LogP contribution in [0.15, 0.2) is 12.1 Å². The maximum Gasteiger partial charge on any atom is 0.151 e. The van der Waals surface area contributed by atoms with Gasteiger partial charge in [-0.3, -0.25) is 0 Å². The molecule has 1 aliphatic rings. The lowest BCUT2D eigenvalue weighted by Gasteiger charge is -2.37. The molecule has 4 heteroatoms. The van der Waals surface area contributed by atoms with Crippen LogP contribution < -0.4 is 4.90 Å². The van der Waals surface area contributed by atoms with Crippen LogP contribution in [0.4, 0.5) is 5.82 Å². The molecular formula is C11H16ClN3. The Labute approximate surface area is 95.5 Å². The van der Waals surface area contributed by atoms with Gasteiger partial charge in [0.05, 0.1) is 0 Å². The summed E-state index contributed by atoms with van der Waals surface area (Å²) in [6, 6.07) is 3.73. The van der Waals surface area contributed by atoms with E-state index in [2.05, 4.69) is 28.9 Å². The van der Waals surface area contributed by atoms with E-state index in [1.807, 2.05) is 6.07 Å². The van der Waals surface area contributed by atoms with Gasteiger partial charge in [0.2, 0.25) is 0 Å². The summed E-state index contributed by atoms with van der Waals surface area (Å²) in [5.41, 5.74) is 0.469. The van der Waals surface area contributed by atoms with E-state index in [-0.39, 0.29) is 0 Å². The Morgan fingerprint density at radius 1 is 1.20 bits per heavy atom. The second-order valence-electron chi connectivity index (χ2n) is 4.87. The van der Waals surface area contributed by atoms with Crippen molar-refractivity contribution in [2.45, 2.75) is 26.7 Å². The lowest BCUT2D eigenvalue weighted by molar-refractivity contribution is 0.279. The summed E-state index contributed by atoms with van der Waals surface area (Å²) < 4.78 is 0. The maximum absolute atomic E-state index is 5.70. The Hall–Kier alpha value is -0.830. The molecule has 0 amide bonds. The van der Waals surface area contributed by atoms with Gasteiger partial charge < -0.3 is 4.90 Å². The van der Waals surface area contributed by atoms with E-state index < -0.39 is 0 Å².